The van der Waals surface area contributed by atoms with E-state index in [4.69, 9.17) is 9.47 Å². The van der Waals surface area contributed by atoms with E-state index in [-0.39, 0.29) is 24.1 Å². The molecule has 1 saturated heterocycles. The third-order valence-electron chi connectivity index (χ3n) is 5.49. The van der Waals surface area contributed by atoms with Crippen LogP contribution in [0.2, 0.25) is 0 Å². The Morgan fingerprint density at radius 3 is 2.68 bits per heavy atom. The molecule has 2 aliphatic heterocycles. The van der Waals surface area contributed by atoms with Crippen molar-refractivity contribution in [1.82, 2.24) is 4.90 Å². The zero-order chi connectivity index (χ0) is 22.0. The summed E-state index contributed by atoms with van der Waals surface area (Å²) in [5.41, 5.74) is 2.25. The van der Waals surface area contributed by atoms with Gasteiger partial charge in [-0.1, -0.05) is 12.1 Å². The lowest BCUT2D eigenvalue weighted by atomic mass is 10.1. The Hall–Kier alpha value is -3.55. The number of amides is 3. The van der Waals surface area contributed by atoms with Crippen LogP contribution in [0.25, 0.3) is 0 Å². The highest BCUT2D eigenvalue weighted by atomic mass is 16.6. The minimum absolute atomic E-state index is 0.0295. The molecular formula is C23H25N3O5. The standard InChI is InChI=1S/C23H25N3O5/c1-15(27)25(2)13-16-4-3-5-18(10-16)24-23(29)17-11-22(28)26(14-17)19-6-7-20-21(12-19)31-9-8-30-20/h3-7,10,12,17H,8-9,11,13-14H2,1-2H3,(H,24,29). The lowest BCUT2D eigenvalue weighted by Gasteiger charge is -2.22. The summed E-state index contributed by atoms with van der Waals surface area (Å²) in [5.74, 6) is 0.476. The largest absolute Gasteiger partial charge is 0.486 e. The number of nitrogens with one attached hydrogen (secondary N) is 1. The molecule has 2 aromatic carbocycles. The van der Waals surface area contributed by atoms with Crippen LogP contribution in [-0.2, 0) is 20.9 Å². The van der Waals surface area contributed by atoms with Gasteiger partial charge in [-0.05, 0) is 29.8 Å². The summed E-state index contributed by atoms with van der Waals surface area (Å²) in [4.78, 5) is 40.1. The molecule has 0 bridgehead atoms. The minimum Gasteiger partial charge on any atom is -0.486 e. The smallest absolute Gasteiger partial charge is 0.229 e. The van der Waals surface area contributed by atoms with Crippen LogP contribution >= 0.6 is 0 Å². The van der Waals surface area contributed by atoms with E-state index in [1.54, 1.807) is 41.1 Å². The van der Waals surface area contributed by atoms with Gasteiger partial charge in [0.15, 0.2) is 11.5 Å². The predicted octanol–water partition coefficient (Wildman–Crippen LogP) is 2.43. The molecule has 0 radical (unpaired) electrons. The van der Waals surface area contributed by atoms with Gasteiger partial charge in [0.05, 0.1) is 5.92 Å². The summed E-state index contributed by atoms with van der Waals surface area (Å²) < 4.78 is 11.1. The number of hydrogen-bond donors (Lipinski definition) is 1. The Balaban J connectivity index is 1.41. The van der Waals surface area contributed by atoms with E-state index in [1.165, 1.54) is 6.92 Å². The molecule has 0 spiro atoms. The molecule has 1 atom stereocenters. The van der Waals surface area contributed by atoms with Crippen LogP contribution in [0.3, 0.4) is 0 Å². The van der Waals surface area contributed by atoms with Crippen molar-refractivity contribution in [2.24, 2.45) is 5.92 Å². The zero-order valence-corrected chi connectivity index (χ0v) is 17.6. The highest BCUT2D eigenvalue weighted by Gasteiger charge is 2.35. The first-order valence-electron chi connectivity index (χ1n) is 10.2. The van der Waals surface area contributed by atoms with Crippen LogP contribution in [0.15, 0.2) is 42.5 Å². The molecule has 4 rings (SSSR count). The van der Waals surface area contributed by atoms with Gasteiger partial charge in [-0.2, -0.15) is 0 Å². The monoisotopic (exact) mass is 423 g/mol. The molecular weight excluding hydrogens is 398 g/mol. The third-order valence-corrected chi connectivity index (χ3v) is 5.49. The van der Waals surface area contributed by atoms with Crippen molar-refractivity contribution in [3.05, 3.63) is 48.0 Å². The van der Waals surface area contributed by atoms with Crippen molar-refractivity contribution >= 4 is 29.1 Å². The topological polar surface area (TPSA) is 88.2 Å². The molecule has 1 N–H and O–H groups in total. The van der Waals surface area contributed by atoms with Gasteiger partial charge in [0.2, 0.25) is 17.7 Å². The van der Waals surface area contributed by atoms with E-state index in [2.05, 4.69) is 5.32 Å². The first kappa shape index (κ1) is 20.7. The van der Waals surface area contributed by atoms with Gasteiger partial charge in [0, 0.05) is 50.9 Å². The Bertz CT molecular complexity index is 1020. The van der Waals surface area contributed by atoms with E-state index in [0.717, 1.165) is 5.56 Å². The number of anilines is 2. The molecule has 8 heteroatoms. The summed E-state index contributed by atoms with van der Waals surface area (Å²) in [6, 6.07) is 12.7. The highest BCUT2D eigenvalue weighted by molar-refractivity contribution is 6.03. The molecule has 2 heterocycles. The molecule has 1 fully saturated rings. The second-order valence-corrected chi connectivity index (χ2v) is 7.80. The number of benzene rings is 2. The van der Waals surface area contributed by atoms with Gasteiger partial charge in [-0.3, -0.25) is 14.4 Å². The molecule has 2 aromatic rings. The number of carbonyl (C=O) groups excluding carboxylic acids is 3. The van der Waals surface area contributed by atoms with Gasteiger partial charge < -0.3 is 24.6 Å². The number of fused-ring (bicyclic) bond motifs is 1. The van der Waals surface area contributed by atoms with Gasteiger partial charge in [-0.25, -0.2) is 0 Å². The highest BCUT2D eigenvalue weighted by Crippen LogP contribution is 2.36. The summed E-state index contributed by atoms with van der Waals surface area (Å²) in [6.45, 7) is 3.24. The molecule has 162 valence electrons. The normalized spacial score (nSPS) is 17.4. The van der Waals surface area contributed by atoms with Crippen LogP contribution in [0, 0.1) is 5.92 Å². The van der Waals surface area contributed by atoms with Crippen LogP contribution in [0.5, 0.6) is 11.5 Å². The van der Waals surface area contributed by atoms with Crippen LogP contribution in [0.1, 0.15) is 18.9 Å². The maximum Gasteiger partial charge on any atom is 0.229 e. The summed E-state index contributed by atoms with van der Waals surface area (Å²) in [6.07, 6.45) is 0.146. The Morgan fingerprint density at radius 2 is 1.90 bits per heavy atom. The third kappa shape index (κ3) is 4.63. The fourth-order valence-corrected chi connectivity index (χ4v) is 3.71. The van der Waals surface area contributed by atoms with E-state index in [9.17, 15) is 14.4 Å². The molecule has 0 saturated carbocycles. The van der Waals surface area contributed by atoms with E-state index >= 15 is 0 Å². The lowest BCUT2D eigenvalue weighted by molar-refractivity contribution is -0.128. The number of rotatable bonds is 5. The second-order valence-electron chi connectivity index (χ2n) is 7.80. The average molecular weight is 423 g/mol. The molecule has 3 amide bonds. The SMILES string of the molecule is CC(=O)N(C)Cc1cccc(NC(=O)C2CC(=O)N(c3ccc4c(c3)OCCO4)C2)c1. The van der Waals surface area contributed by atoms with Crippen molar-refractivity contribution in [2.45, 2.75) is 19.9 Å². The summed E-state index contributed by atoms with van der Waals surface area (Å²) in [7, 11) is 1.73. The van der Waals surface area contributed by atoms with E-state index in [1.807, 2.05) is 18.2 Å². The molecule has 0 aliphatic carbocycles. The van der Waals surface area contributed by atoms with Crippen molar-refractivity contribution in [3.8, 4) is 11.5 Å². The fourth-order valence-electron chi connectivity index (χ4n) is 3.71. The molecule has 2 aliphatic rings. The Labute approximate surface area is 180 Å². The number of carbonyl (C=O) groups is 3. The first-order valence-corrected chi connectivity index (χ1v) is 10.2. The lowest BCUT2D eigenvalue weighted by Crippen LogP contribution is -2.28. The predicted molar refractivity (Wildman–Crippen MR) is 115 cm³/mol. The number of hydrogen-bond acceptors (Lipinski definition) is 5. The van der Waals surface area contributed by atoms with Crippen LogP contribution in [0.4, 0.5) is 11.4 Å². The summed E-state index contributed by atoms with van der Waals surface area (Å²) >= 11 is 0. The van der Waals surface area contributed by atoms with Gasteiger partial charge in [-0.15, -0.1) is 0 Å². The maximum atomic E-state index is 12.8. The average Bonchev–Trinajstić information content (AvgIpc) is 3.15. The molecule has 8 nitrogen and oxygen atoms in total. The van der Waals surface area contributed by atoms with Crippen molar-refractivity contribution in [3.63, 3.8) is 0 Å². The number of nitrogens with zero attached hydrogens (tertiary/aromatic N) is 2. The Morgan fingerprint density at radius 1 is 1.13 bits per heavy atom. The van der Waals surface area contributed by atoms with Crippen molar-refractivity contribution in [1.29, 1.82) is 0 Å². The van der Waals surface area contributed by atoms with Gasteiger partial charge in [0.25, 0.3) is 0 Å². The molecule has 31 heavy (non-hydrogen) atoms. The fraction of sp³-hybridized carbons (Fsp3) is 0.348. The van der Waals surface area contributed by atoms with Crippen LogP contribution in [-0.4, -0.2) is 49.4 Å². The van der Waals surface area contributed by atoms with Gasteiger partial charge >= 0.3 is 0 Å². The van der Waals surface area contributed by atoms with E-state index < -0.39 is 5.92 Å². The second kappa shape index (κ2) is 8.67. The quantitative estimate of drug-likeness (QED) is 0.798. The maximum absolute atomic E-state index is 12.8. The van der Waals surface area contributed by atoms with Gasteiger partial charge in [0.1, 0.15) is 13.2 Å². The molecule has 1 unspecified atom stereocenters. The van der Waals surface area contributed by atoms with Crippen LogP contribution < -0.4 is 19.7 Å². The Kier molecular flexibility index (Phi) is 5.79. The number of ether oxygens (including phenoxy) is 2. The summed E-state index contributed by atoms with van der Waals surface area (Å²) in [5, 5.41) is 2.90. The first-order chi connectivity index (χ1) is 14.9. The molecule has 0 aromatic heterocycles. The minimum atomic E-state index is -0.454. The van der Waals surface area contributed by atoms with E-state index in [0.29, 0.717) is 49.2 Å². The zero-order valence-electron chi connectivity index (χ0n) is 17.6. The van der Waals surface area contributed by atoms with Crippen molar-refractivity contribution in [2.75, 3.05) is 37.0 Å². The van der Waals surface area contributed by atoms with Crippen molar-refractivity contribution < 1.29 is 23.9 Å².